The normalized spacial score (nSPS) is 10.9. The zero-order chi connectivity index (χ0) is 19.3. The Bertz CT molecular complexity index is 1110. The molecule has 8 nitrogen and oxygen atoms in total. The number of nitro groups is 1. The molecule has 2 heterocycles. The van der Waals surface area contributed by atoms with E-state index in [2.05, 4.69) is 15.3 Å². The molecule has 0 fully saturated rings. The molecule has 0 atom stereocenters. The molecule has 2 aromatic carbocycles. The summed E-state index contributed by atoms with van der Waals surface area (Å²) in [6, 6.07) is 17.7. The van der Waals surface area contributed by atoms with Crippen LogP contribution in [0.4, 0.5) is 11.8 Å². The van der Waals surface area contributed by atoms with Crippen molar-refractivity contribution in [1.82, 2.24) is 19.5 Å². The van der Waals surface area contributed by atoms with Crippen molar-refractivity contribution < 1.29 is 4.92 Å². The summed E-state index contributed by atoms with van der Waals surface area (Å²) in [5, 5.41) is 15.2. The fourth-order valence-corrected chi connectivity index (χ4v) is 3.03. The smallest absolute Gasteiger partial charge is 0.390 e. The molecule has 0 saturated heterocycles. The number of para-hydroxylation sites is 1. The number of aromatic nitrogens is 4. The van der Waals surface area contributed by atoms with Crippen LogP contribution in [0.1, 0.15) is 6.42 Å². The van der Waals surface area contributed by atoms with Gasteiger partial charge in [0, 0.05) is 17.5 Å². The molecule has 0 aliphatic heterocycles. The van der Waals surface area contributed by atoms with Gasteiger partial charge in [0.15, 0.2) is 5.82 Å². The van der Waals surface area contributed by atoms with Gasteiger partial charge in [-0.05, 0) is 23.5 Å². The molecule has 0 unspecified atom stereocenters. The Morgan fingerprint density at radius 3 is 2.64 bits per heavy atom. The van der Waals surface area contributed by atoms with E-state index >= 15 is 0 Å². The largest absolute Gasteiger partial charge is 0.434 e. The summed E-state index contributed by atoms with van der Waals surface area (Å²) in [6.07, 6.45) is 3.75. The molecule has 0 amide bonds. The number of nitrogens with one attached hydrogen (secondary N) is 1. The van der Waals surface area contributed by atoms with Crippen LogP contribution in [0.5, 0.6) is 0 Å². The van der Waals surface area contributed by atoms with E-state index in [1.165, 1.54) is 10.8 Å². The van der Waals surface area contributed by atoms with Gasteiger partial charge >= 0.3 is 5.95 Å². The maximum absolute atomic E-state index is 10.9. The number of benzene rings is 2. The lowest BCUT2D eigenvalue weighted by molar-refractivity contribution is -0.396. The van der Waals surface area contributed by atoms with Gasteiger partial charge in [-0.2, -0.15) is 0 Å². The van der Waals surface area contributed by atoms with Crippen LogP contribution in [0.2, 0.25) is 0 Å². The first-order chi connectivity index (χ1) is 13.7. The highest BCUT2D eigenvalue weighted by atomic mass is 16.6. The molecule has 0 bridgehead atoms. The van der Waals surface area contributed by atoms with E-state index in [9.17, 15) is 10.1 Å². The summed E-state index contributed by atoms with van der Waals surface area (Å²) in [5.74, 6) is 1.27. The van der Waals surface area contributed by atoms with Crippen LogP contribution in [-0.2, 0) is 6.54 Å². The predicted octanol–water partition coefficient (Wildman–Crippen LogP) is 3.90. The van der Waals surface area contributed by atoms with Crippen molar-refractivity contribution in [2.75, 3.05) is 11.9 Å². The SMILES string of the molecule is O=[N+]([O-])c1nccn1CCCNc1nc(-c2ccccc2)nc2ccccc12. The first-order valence-electron chi connectivity index (χ1n) is 8.94. The third-order valence-corrected chi connectivity index (χ3v) is 4.36. The van der Waals surface area contributed by atoms with E-state index in [4.69, 9.17) is 4.98 Å². The molecule has 0 radical (unpaired) electrons. The molecule has 0 aliphatic carbocycles. The van der Waals surface area contributed by atoms with Crippen molar-refractivity contribution in [3.8, 4) is 11.4 Å². The summed E-state index contributed by atoms with van der Waals surface area (Å²) < 4.78 is 1.54. The monoisotopic (exact) mass is 374 g/mol. The number of fused-ring (bicyclic) bond motifs is 1. The number of nitrogens with zero attached hydrogens (tertiary/aromatic N) is 5. The quantitative estimate of drug-likeness (QED) is 0.299. The van der Waals surface area contributed by atoms with Crippen molar-refractivity contribution in [3.63, 3.8) is 0 Å². The van der Waals surface area contributed by atoms with E-state index in [1.807, 2.05) is 54.6 Å². The summed E-state index contributed by atoms with van der Waals surface area (Å²) in [7, 11) is 0. The molecule has 0 saturated carbocycles. The standard InChI is InChI=1S/C20H18N6O2/c27-26(28)20-22-12-14-25(20)13-6-11-21-19-16-9-4-5-10-17(16)23-18(24-19)15-7-2-1-3-8-15/h1-5,7-10,12,14H,6,11,13H2,(H,21,23,24). The lowest BCUT2D eigenvalue weighted by atomic mass is 10.2. The number of rotatable bonds is 7. The van der Waals surface area contributed by atoms with Crippen molar-refractivity contribution in [1.29, 1.82) is 0 Å². The Morgan fingerprint density at radius 2 is 1.82 bits per heavy atom. The summed E-state index contributed by atoms with van der Waals surface area (Å²) in [4.78, 5) is 23.6. The minimum atomic E-state index is -0.475. The lowest BCUT2D eigenvalue weighted by Crippen LogP contribution is -2.10. The van der Waals surface area contributed by atoms with Crippen LogP contribution in [0.15, 0.2) is 67.0 Å². The Morgan fingerprint density at radius 1 is 1.04 bits per heavy atom. The maximum Gasteiger partial charge on any atom is 0.434 e. The van der Waals surface area contributed by atoms with E-state index in [0.29, 0.717) is 25.3 Å². The molecule has 4 aromatic rings. The van der Waals surface area contributed by atoms with Crippen LogP contribution in [0.3, 0.4) is 0 Å². The van der Waals surface area contributed by atoms with Crippen molar-refractivity contribution in [3.05, 3.63) is 77.1 Å². The Balaban J connectivity index is 1.53. The second-order valence-electron chi connectivity index (χ2n) is 6.24. The number of imidazole rings is 1. The Kier molecular flexibility index (Phi) is 4.92. The summed E-state index contributed by atoms with van der Waals surface area (Å²) in [6.45, 7) is 1.11. The second kappa shape index (κ2) is 7.83. The van der Waals surface area contributed by atoms with Crippen LogP contribution < -0.4 is 5.32 Å². The average molecular weight is 374 g/mol. The number of aryl methyl sites for hydroxylation is 1. The fourth-order valence-electron chi connectivity index (χ4n) is 3.03. The highest BCUT2D eigenvalue weighted by Gasteiger charge is 2.13. The predicted molar refractivity (Wildman–Crippen MR) is 107 cm³/mol. The first kappa shape index (κ1) is 17.6. The zero-order valence-corrected chi connectivity index (χ0v) is 15.0. The van der Waals surface area contributed by atoms with Gasteiger partial charge in [0.2, 0.25) is 0 Å². The van der Waals surface area contributed by atoms with E-state index in [0.717, 1.165) is 22.3 Å². The van der Waals surface area contributed by atoms with Gasteiger partial charge in [-0.25, -0.2) is 14.5 Å². The molecule has 140 valence electrons. The minimum absolute atomic E-state index is 0.140. The maximum atomic E-state index is 10.9. The average Bonchev–Trinajstić information content (AvgIpc) is 3.20. The van der Waals surface area contributed by atoms with Gasteiger partial charge in [-0.3, -0.25) is 0 Å². The molecule has 4 rings (SSSR count). The van der Waals surface area contributed by atoms with Gasteiger partial charge in [-0.1, -0.05) is 47.4 Å². The van der Waals surface area contributed by atoms with E-state index in [1.54, 1.807) is 6.20 Å². The highest BCUT2D eigenvalue weighted by Crippen LogP contribution is 2.24. The van der Waals surface area contributed by atoms with Crippen LogP contribution in [-0.4, -0.2) is 31.0 Å². The molecule has 1 N–H and O–H groups in total. The molecule has 8 heteroatoms. The Labute approximate surface area is 161 Å². The third-order valence-electron chi connectivity index (χ3n) is 4.36. The minimum Gasteiger partial charge on any atom is -0.390 e. The molecular formula is C20H18N6O2. The van der Waals surface area contributed by atoms with Gasteiger partial charge in [-0.15, -0.1) is 0 Å². The number of anilines is 1. The van der Waals surface area contributed by atoms with Crippen LogP contribution >= 0.6 is 0 Å². The second-order valence-corrected chi connectivity index (χ2v) is 6.24. The zero-order valence-electron chi connectivity index (χ0n) is 15.0. The van der Waals surface area contributed by atoms with Crippen molar-refractivity contribution in [2.24, 2.45) is 0 Å². The van der Waals surface area contributed by atoms with Crippen LogP contribution in [0.25, 0.3) is 22.3 Å². The van der Waals surface area contributed by atoms with Gasteiger partial charge in [0.25, 0.3) is 0 Å². The number of hydrogen-bond acceptors (Lipinski definition) is 6. The summed E-state index contributed by atoms with van der Waals surface area (Å²) >= 11 is 0. The van der Waals surface area contributed by atoms with Crippen molar-refractivity contribution in [2.45, 2.75) is 13.0 Å². The Hall–Kier alpha value is -3.81. The molecular weight excluding hydrogens is 356 g/mol. The summed E-state index contributed by atoms with van der Waals surface area (Å²) in [5.41, 5.74) is 1.81. The number of hydrogen-bond donors (Lipinski definition) is 1. The highest BCUT2D eigenvalue weighted by molar-refractivity contribution is 5.90. The molecule has 0 spiro atoms. The first-order valence-corrected chi connectivity index (χ1v) is 8.94. The van der Waals surface area contributed by atoms with Gasteiger partial charge in [0.1, 0.15) is 18.2 Å². The molecule has 28 heavy (non-hydrogen) atoms. The van der Waals surface area contributed by atoms with Crippen LogP contribution in [0, 0.1) is 10.1 Å². The van der Waals surface area contributed by atoms with Gasteiger partial charge < -0.3 is 15.4 Å². The third kappa shape index (κ3) is 3.66. The molecule has 0 aliphatic rings. The molecule has 2 aromatic heterocycles. The van der Waals surface area contributed by atoms with E-state index in [-0.39, 0.29) is 5.95 Å². The van der Waals surface area contributed by atoms with Crippen molar-refractivity contribution >= 4 is 22.7 Å². The van der Waals surface area contributed by atoms with Gasteiger partial charge in [0.05, 0.1) is 12.1 Å². The fraction of sp³-hybridized carbons (Fsp3) is 0.150. The lowest BCUT2D eigenvalue weighted by Gasteiger charge is -2.11. The topological polar surface area (TPSA) is 98.8 Å². The van der Waals surface area contributed by atoms with E-state index < -0.39 is 4.92 Å².